The van der Waals surface area contributed by atoms with E-state index in [0.29, 0.717) is 0 Å². The van der Waals surface area contributed by atoms with Gasteiger partial charge in [-0.3, -0.25) is 4.79 Å². The molecule has 0 aliphatic heterocycles. The molecule has 0 unspecified atom stereocenters. The zero-order valence-electron chi connectivity index (χ0n) is 8.08. The van der Waals surface area contributed by atoms with Gasteiger partial charge in [0.15, 0.2) is 0 Å². The van der Waals surface area contributed by atoms with Crippen molar-refractivity contribution in [1.29, 1.82) is 0 Å². The average Bonchev–Trinajstić information content (AvgIpc) is 2.12. The van der Waals surface area contributed by atoms with E-state index in [4.69, 9.17) is 10.2 Å². The molecule has 1 aromatic rings. The Bertz CT molecular complexity index is 399. The van der Waals surface area contributed by atoms with E-state index in [0.717, 1.165) is 18.2 Å². The van der Waals surface area contributed by atoms with Crippen molar-refractivity contribution in [2.45, 2.75) is 19.0 Å². The van der Waals surface area contributed by atoms with Crippen LogP contribution in [0.5, 0.6) is 5.75 Å². The van der Waals surface area contributed by atoms with Crippen molar-refractivity contribution in [3.05, 3.63) is 29.3 Å². The van der Waals surface area contributed by atoms with E-state index >= 15 is 0 Å². The molecule has 88 valence electrons. The Morgan fingerprint density at radius 2 is 1.94 bits per heavy atom. The van der Waals surface area contributed by atoms with Crippen LogP contribution in [0.2, 0.25) is 0 Å². The van der Waals surface area contributed by atoms with Crippen LogP contribution in [-0.4, -0.2) is 16.2 Å². The van der Waals surface area contributed by atoms with Crippen LogP contribution in [0.1, 0.15) is 17.5 Å². The quantitative estimate of drug-likeness (QED) is 0.844. The van der Waals surface area contributed by atoms with E-state index in [1.807, 2.05) is 0 Å². The summed E-state index contributed by atoms with van der Waals surface area (Å²) < 4.78 is 37.4. The molecular formula is C10H9F3O3. The van der Waals surface area contributed by atoms with Gasteiger partial charge in [0.2, 0.25) is 0 Å². The lowest BCUT2D eigenvalue weighted by Gasteiger charge is -2.12. The fourth-order valence-electron chi connectivity index (χ4n) is 1.31. The number of halogens is 3. The number of aliphatic carboxylic acids is 1. The lowest BCUT2D eigenvalue weighted by atomic mass is 10.0. The van der Waals surface area contributed by atoms with Gasteiger partial charge in [0, 0.05) is 6.42 Å². The van der Waals surface area contributed by atoms with E-state index in [1.165, 1.54) is 0 Å². The minimum absolute atomic E-state index is 0.213. The summed E-state index contributed by atoms with van der Waals surface area (Å²) >= 11 is 0. The number of alkyl halides is 3. The number of hydrogen-bond acceptors (Lipinski definition) is 2. The number of aryl methyl sites for hydroxylation is 1. The highest BCUT2D eigenvalue weighted by Gasteiger charge is 2.33. The zero-order valence-corrected chi connectivity index (χ0v) is 8.08. The third kappa shape index (κ3) is 3.15. The Balaban J connectivity index is 3.04. The van der Waals surface area contributed by atoms with Crippen molar-refractivity contribution in [3.8, 4) is 5.75 Å². The minimum Gasteiger partial charge on any atom is -0.508 e. The first kappa shape index (κ1) is 12.4. The first-order chi connectivity index (χ1) is 7.30. The second-order valence-electron chi connectivity index (χ2n) is 3.23. The van der Waals surface area contributed by atoms with Crippen LogP contribution >= 0.6 is 0 Å². The molecule has 0 saturated carbocycles. The van der Waals surface area contributed by atoms with Gasteiger partial charge in [-0.05, 0) is 30.2 Å². The fraction of sp³-hybridized carbons (Fsp3) is 0.300. The second-order valence-corrected chi connectivity index (χ2v) is 3.23. The molecule has 2 N–H and O–H groups in total. The Kier molecular flexibility index (Phi) is 3.41. The molecule has 0 atom stereocenters. The summed E-state index contributed by atoms with van der Waals surface area (Å²) in [6, 6.07) is 2.60. The van der Waals surface area contributed by atoms with E-state index < -0.39 is 24.1 Å². The third-order valence-electron chi connectivity index (χ3n) is 2.00. The Morgan fingerprint density at radius 1 is 1.31 bits per heavy atom. The molecule has 0 bridgehead atoms. The van der Waals surface area contributed by atoms with Crippen LogP contribution in [-0.2, 0) is 17.4 Å². The van der Waals surface area contributed by atoms with Crippen molar-refractivity contribution in [2.75, 3.05) is 0 Å². The molecule has 0 heterocycles. The van der Waals surface area contributed by atoms with Gasteiger partial charge in [-0.2, -0.15) is 13.2 Å². The van der Waals surface area contributed by atoms with Gasteiger partial charge >= 0.3 is 12.1 Å². The number of phenolic OH excluding ortho intramolecular Hbond substituents is 1. The smallest absolute Gasteiger partial charge is 0.416 e. The number of rotatable bonds is 3. The van der Waals surface area contributed by atoms with E-state index in [-0.39, 0.29) is 17.7 Å². The molecule has 1 aromatic carbocycles. The third-order valence-corrected chi connectivity index (χ3v) is 2.00. The Morgan fingerprint density at radius 3 is 2.44 bits per heavy atom. The molecule has 0 aliphatic rings. The number of aromatic hydroxyl groups is 1. The molecule has 0 saturated heterocycles. The fourth-order valence-corrected chi connectivity index (χ4v) is 1.31. The number of carboxylic acid groups (broad SMARTS) is 1. The standard InChI is InChI=1S/C10H9F3O3/c11-10(12,13)8-3-2-7(14)5-6(8)1-4-9(15)16/h2-3,5,14H,1,4H2,(H,15,16). The van der Waals surface area contributed by atoms with E-state index in [1.54, 1.807) is 0 Å². The average molecular weight is 234 g/mol. The molecule has 6 heteroatoms. The summed E-state index contributed by atoms with van der Waals surface area (Å²) in [6.45, 7) is 0. The predicted molar refractivity (Wildman–Crippen MR) is 49.1 cm³/mol. The summed E-state index contributed by atoms with van der Waals surface area (Å²) in [4.78, 5) is 10.3. The number of hydrogen-bond donors (Lipinski definition) is 2. The summed E-state index contributed by atoms with van der Waals surface area (Å²) in [5, 5.41) is 17.4. The molecule has 0 aliphatic carbocycles. The molecule has 0 spiro atoms. The monoisotopic (exact) mass is 234 g/mol. The Hall–Kier alpha value is -1.72. The van der Waals surface area contributed by atoms with Crippen LogP contribution in [0, 0.1) is 0 Å². The summed E-state index contributed by atoms with van der Waals surface area (Å²) in [5.74, 6) is -1.50. The molecular weight excluding hydrogens is 225 g/mol. The normalized spacial score (nSPS) is 11.4. The van der Waals surface area contributed by atoms with Gasteiger partial charge in [0.1, 0.15) is 5.75 Å². The van der Waals surface area contributed by atoms with Crippen molar-refractivity contribution >= 4 is 5.97 Å². The molecule has 3 nitrogen and oxygen atoms in total. The maximum Gasteiger partial charge on any atom is 0.416 e. The van der Waals surface area contributed by atoms with Crippen LogP contribution in [0.4, 0.5) is 13.2 Å². The summed E-state index contributed by atoms with van der Waals surface area (Å²) in [5.41, 5.74) is -1.12. The predicted octanol–water partition coefficient (Wildman–Crippen LogP) is 2.43. The van der Waals surface area contributed by atoms with Crippen molar-refractivity contribution < 1.29 is 28.2 Å². The molecule has 0 aromatic heterocycles. The van der Waals surface area contributed by atoms with Crippen molar-refractivity contribution in [3.63, 3.8) is 0 Å². The SMILES string of the molecule is O=C(O)CCc1cc(O)ccc1C(F)(F)F. The number of carboxylic acids is 1. The van der Waals surface area contributed by atoms with Crippen LogP contribution in [0.25, 0.3) is 0 Å². The molecule has 1 rings (SSSR count). The van der Waals surface area contributed by atoms with Gasteiger partial charge in [-0.15, -0.1) is 0 Å². The van der Waals surface area contributed by atoms with Crippen LogP contribution in [0.3, 0.4) is 0 Å². The number of phenols is 1. The van der Waals surface area contributed by atoms with Gasteiger partial charge in [-0.1, -0.05) is 0 Å². The maximum absolute atomic E-state index is 12.5. The largest absolute Gasteiger partial charge is 0.508 e. The highest BCUT2D eigenvalue weighted by Crippen LogP contribution is 2.34. The van der Waals surface area contributed by atoms with Gasteiger partial charge in [-0.25, -0.2) is 0 Å². The molecule has 0 radical (unpaired) electrons. The van der Waals surface area contributed by atoms with Gasteiger partial charge < -0.3 is 10.2 Å². The number of benzene rings is 1. The molecule has 0 fully saturated rings. The van der Waals surface area contributed by atoms with Gasteiger partial charge in [0.05, 0.1) is 5.56 Å². The van der Waals surface area contributed by atoms with E-state index in [9.17, 15) is 18.0 Å². The molecule has 16 heavy (non-hydrogen) atoms. The first-order valence-electron chi connectivity index (χ1n) is 4.41. The highest BCUT2D eigenvalue weighted by atomic mass is 19.4. The lowest BCUT2D eigenvalue weighted by molar-refractivity contribution is -0.140. The number of carbonyl (C=O) groups is 1. The summed E-state index contributed by atoms with van der Waals surface area (Å²) in [6.07, 6.45) is -5.22. The summed E-state index contributed by atoms with van der Waals surface area (Å²) in [7, 11) is 0. The highest BCUT2D eigenvalue weighted by molar-refractivity contribution is 5.67. The maximum atomic E-state index is 12.5. The van der Waals surface area contributed by atoms with Crippen LogP contribution < -0.4 is 0 Å². The topological polar surface area (TPSA) is 57.5 Å². The Labute approximate surface area is 89.1 Å². The van der Waals surface area contributed by atoms with Crippen molar-refractivity contribution in [1.82, 2.24) is 0 Å². The minimum atomic E-state index is -4.54. The van der Waals surface area contributed by atoms with Crippen LogP contribution in [0.15, 0.2) is 18.2 Å². The molecule has 0 amide bonds. The first-order valence-corrected chi connectivity index (χ1v) is 4.41. The zero-order chi connectivity index (χ0) is 12.3. The lowest BCUT2D eigenvalue weighted by Crippen LogP contribution is -2.10. The van der Waals surface area contributed by atoms with Gasteiger partial charge in [0.25, 0.3) is 0 Å². The van der Waals surface area contributed by atoms with E-state index in [2.05, 4.69) is 0 Å². The van der Waals surface area contributed by atoms with Crippen molar-refractivity contribution in [2.24, 2.45) is 0 Å². The second kappa shape index (κ2) is 4.42.